The molecule has 0 fully saturated rings. The maximum atomic E-state index is 12.5. The lowest BCUT2D eigenvalue weighted by Crippen LogP contribution is -2.18. The van der Waals surface area contributed by atoms with Gasteiger partial charge in [0, 0.05) is 28.1 Å². The summed E-state index contributed by atoms with van der Waals surface area (Å²) in [6.07, 6.45) is -4.85. The van der Waals surface area contributed by atoms with Gasteiger partial charge < -0.3 is 21.9 Å². The molecule has 0 spiro atoms. The number of carbonyl (C=O) groups excluding carboxylic acids is 1. The molecule has 116 valence electrons. The second kappa shape index (κ2) is 5.47. The summed E-state index contributed by atoms with van der Waals surface area (Å²) in [5.74, 6) is -1.19. The Bertz CT molecular complexity index is 707. The maximum Gasteiger partial charge on any atom is 0.573 e. The summed E-state index contributed by atoms with van der Waals surface area (Å²) in [6, 6.07) is 7.92. The van der Waals surface area contributed by atoms with Crippen molar-refractivity contribution in [2.75, 3.05) is 11.5 Å². The van der Waals surface area contributed by atoms with E-state index in [2.05, 4.69) is 4.74 Å². The normalized spacial score (nSPS) is 11.2. The molecule has 2 aromatic rings. The first-order chi connectivity index (χ1) is 10.2. The highest BCUT2D eigenvalue weighted by Gasteiger charge is 2.32. The van der Waals surface area contributed by atoms with E-state index in [1.165, 1.54) is 30.3 Å². The van der Waals surface area contributed by atoms with E-state index in [4.69, 9.17) is 17.2 Å². The number of anilines is 2. The molecule has 1 amide bonds. The van der Waals surface area contributed by atoms with E-state index in [1.807, 2.05) is 0 Å². The van der Waals surface area contributed by atoms with Crippen molar-refractivity contribution in [1.82, 2.24) is 0 Å². The smallest absolute Gasteiger partial charge is 0.405 e. The van der Waals surface area contributed by atoms with Gasteiger partial charge in [-0.05, 0) is 18.2 Å². The van der Waals surface area contributed by atoms with Gasteiger partial charge in [0.25, 0.3) is 0 Å². The molecule has 5 nitrogen and oxygen atoms in total. The highest BCUT2D eigenvalue weighted by Crippen LogP contribution is 2.40. The molecule has 0 aliphatic rings. The van der Waals surface area contributed by atoms with Gasteiger partial charge in [-0.15, -0.1) is 13.2 Å². The summed E-state index contributed by atoms with van der Waals surface area (Å²) in [5.41, 5.74) is 17.0. The summed E-state index contributed by atoms with van der Waals surface area (Å²) >= 11 is 0. The van der Waals surface area contributed by atoms with Crippen molar-refractivity contribution in [3.63, 3.8) is 0 Å². The fraction of sp³-hybridized carbons (Fsp3) is 0.0714. The number of alkyl halides is 3. The molecule has 6 N–H and O–H groups in total. The van der Waals surface area contributed by atoms with E-state index < -0.39 is 18.0 Å². The molecule has 2 rings (SSSR count). The van der Waals surface area contributed by atoms with Crippen molar-refractivity contribution in [1.29, 1.82) is 0 Å². The Morgan fingerprint density at radius 2 is 1.59 bits per heavy atom. The number of nitrogens with two attached hydrogens (primary N) is 3. The van der Waals surface area contributed by atoms with Gasteiger partial charge in [-0.25, -0.2) is 0 Å². The standard InChI is InChI=1S/C14H12F3N3O2/c15-14(16,17)22-11-4-2-1-3-8(11)12-9(18)5-7(13(20)21)6-10(12)19/h1-6H,18-19H2,(H2,20,21). The molecular weight excluding hydrogens is 299 g/mol. The van der Waals surface area contributed by atoms with Gasteiger partial charge >= 0.3 is 6.36 Å². The largest absolute Gasteiger partial charge is 0.573 e. The van der Waals surface area contributed by atoms with Crippen molar-refractivity contribution >= 4 is 17.3 Å². The molecule has 0 radical (unpaired) electrons. The molecule has 0 atom stereocenters. The summed E-state index contributed by atoms with van der Waals surface area (Å²) < 4.78 is 41.4. The van der Waals surface area contributed by atoms with Crippen LogP contribution < -0.4 is 21.9 Å². The fourth-order valence-electron chi connectivity index (χ4n) is 2.03. The molecule has 0 unspecified atom stereocenters. The van der Waals surface area contributed by atoms with Crippen molar-refractivity contribution in [3.05, 3.63) is 42.0 Å². The zero-order chi connectivity index (χ0) is 16.5. The number of amides is 1. The highest BCUT2D eigenvalue weighted by atomic mass is 19.4. The molecule has 0 bridgehead atoms. The fourth-order valence-corrected chi connectivity index (χ4v) is 2.03. The van der Waals surface area contributed by atoms with E-state index in [0.29, 0.717) is 0 Å². The second-order valence-electron chi connectivity index (χ2n) is 4.44. The molecule has 0 aliphatic carbocycles. The van der Waals surface area contributed by atoms with Gasteiger partial charge in [-0.3, -0.25) is 4.79 Å². The zero-order valence-corrected chi connectivity index (χ0v) is 11.1. The van der Waals surface area contributed by atoms with Gasteiger partial charge in [0.1, 0.15) is 5.75 Å². The molecule has 0 heterocycles. The Morgan fingerprint density at radius 3 is 2.09 bits per heavy atom. The maximum absolute atomic E-state index is 12.5. The topological polar surface area (TPSA) is 104 Å². The Hall–Kier alpha value is -2.90. The summed E-state index contributed by atoms with van der Waals surface area (Å²) in [4.78, 5) is 11.1. The number of hydrogen-bond acceptors (Lipinski definition) is 4. The third-order valence-corrected chi connectivity index (χ3v) is 2.87. The average molecular weight is 311 g/mol. The number of nitrogen functional groups attached to an aromatic ring is 2. The lowest BCUT2D eigenvalue weighted by Gasteiger charge is -2.16. The van der Waals surface area contributed by atoms with Crippen LogP contribution >= 0.6 is 0 Å². The minimum atomic E-state index is -4.85. The van der Waals surface area contributed by atoms with Crippen LogP contribution in [-0.4, -0.2) is 12.3 Å². The Morgan fingerprint density at radius 1 is 1.05 bits per heavy atom. The molecule has 8 heteroatoms. The predicted molar refractivity (Wildman–Crippen MR) is 75.9 cm³/mol. The number of primary amides is 1. The minimum absolute atomic E-state index is 0.0204. The molecule has 2 aromatic carbocycles. The number of hydrogen-bond donors (Lipinski definition) is 3. The van der Waals surface area contributed by atoms with Gasteiger partial charge in [0.05, 0.1) is 0 Å². The summed E-state index contributed by atoms with van der Waals surface area (Å²) in [6.45, 7) is 0. The third-order valence-electron chi connectivity index (χ3n) is 2.87. The molecule has 0 saturated heterocycles. The molecular formula is C14H12F3N3O2. The third kappa shape index (κ3) is 3.22. The lowest BCUT2D eigenvalue weighted by atomic mass is 9.98. The Labute approximate surface area is 123 Å². The quantitative estimate of drug-likeness (QED) is 0.757. The van der Waals surface area contributed by atoms with Crippen LogP contribution in [-0.2, 0) is 0 Å². The monoisotopic (exact) mass is 311 g/mol. The SMILES string of the molecule is NC(=O)c1cc(N)c(-c2ccccc2OC(F)(F)F)c(N)c1. The number of ether oxygens (including phenoxy) is 1. The van der Waals surface area contributed by atoms with Crippen LogP contribution in [0.1, 0.15) is 10.4 Å². The van der Waals surface area contributed by atoms with E-state index in [0.717, 1.165) is 6.07 Å². The number of benzene rings is 2. The van der Waals surface area contributed by atoms with E-state index >= 15 is 0 Å². The van der Waals surface area contributed by atoms with Crippen LogP contribution in [0.3, 0.4) is 0 Å². The van der Waals surface area contributed by atoms with Crippen LogP contribution in [0.15, 0.2) is 36.4 Å². The first kappa shape index (κ1) is 15.5. The van der Waals surface area contributed by atoms with Crippen molar-refractivity contribution < 1.29 is 22.7 Å². The van der Waals surface area contributed by atoms with Gasteiger partial charge in [-0.1, -0.05) is 18.2 Å². The molecule has 0 saturated carbocycles. The van der Waals surface area contributed by atoms with E-state index in [-0.39, 0.29) is 28.1 Å². The van der Waals surface area contributed by atoms with E-state index in [9.17, 15) is 18.0 Å². The van der Waals surface area contributed by atoms with Crippen molar-refractivity contribution in [2.45, 2.75) is 6.36 Å². The summed E-state index contributed by atoms with van der Waals surface area (Å²) in [5, 5.41) is 0. The van der Waals surface area contributed by atoms with E-state index in [1.54, 1.807) is 0 Å². The Balaban J connectivity index is 2.60. The van der Waals surface area contributed by atoms with Gasteiger partial charge in [0.15, 0.2) is 0 Å². The number of para-hydroxylation sites is 1. The zero-order valence-electron chi connectivity index (χ0n) is 11.1. The number of carbonyl (C=O) groups is 1. The summed E-state index contributed by atoms with van der Waals surface area (Å²) in [7, 11) is 0. The average Bonchev–Trinajstić information content (AvgIpc) is 2.38. The predicted octanol–water partition coefficient (Wildman–Crippen LogP) is 2.52. The Kier molecular flexibility index (Phi) is 3.85. The minimum Gasteiger partial charge on any atom is -0.405 e. The second-order valence-corrected chi connectivity index (χ2v) is 4.44. The van der Waals surface area contributed by atoms with Crippen LogP contribution in [0, 0.1) is 0 Å². The number of rotatable bonds is 3. The highest BCUT2D eigenvalue weighted by molar-refractivity contribution is 5.99. The molecule has 0 aromatic heterocycles. The molecule has 22 heavy (non-hydrogen) atoms. The lowest BCUT2D eigenvalue weighted by molar-refractivity contribution is -0.274. The van der Waals surface area contributed by atoms with Crippen molar-refractivity contribution in [2.24, 2.45) is 5.73 Å². The van der Waals surface area contributed by atoms with Crippen LogP contribution in [0.4, 0.5) is 24.5 Å². The van der Waals surface area contributed by atoms with Gasteiger partial charge in [-0.2, -0.15) is 0 Å². The molecule has 0 aliphatic heterocycles. The van der Waals surface area contributed by atoms with Crippen molar-refractivity contribution in [3.8, 4) is 16.9 Å². The number of halogens is 3. The first-order valence-electron chi connectivity index (χ1n) is 6.03. The van der Waals surface area contributed by atoms with Crippen LogP contribution in [0.25, 0.3) is 11.1 Å². The van der Waals surface area contributed by atoms with Crippen LogP contribution in [0.2, 0.25) is 0 Å². The van der Waals surface area contributed by atoms with Gasteiger partial charge in [0.2, 0.25) is 5.91 Å². The van der Waals surface area contributed by atoms with Crippen LogP contribution in [0.5, 0.6) is 5.75 Å². The first-order valence-corrected chi connectivity index (χ1v) is 6.03.